The first-order valence-corrected chi connectivity index (χ1v) is 11.3. The molecular formula is C28H24N4O2. The lowest BCUT2D eigenvalue weighted by molar-refractivity contribution is -0.109. The van der Waals surface area contributed by atoms with Crippen molar-refractivity contribution in [1.29, 1.82) is 0 Å². The van der Waals surface area contributed by atoms with Crippen LogP contribution in [-0.2, 0) is 24.1 Å². The summed E-state index contributed by atoms with van der Waals surface area (Å²) in [5.74, 6) is 0.0455. The van der Waals surface area contributed by atoms with Gasteiger partial charge in [0.15, 0.2) is 5.82 Å². The lowest BCUT2D eigenvalue weighted by Crippen LogP contribution is -2.38. The molecule has 6 heteroatoms. The van der Waals surface area contributed by atoms with Gasteiger partial charge >= 0.3 is 0 Å². The van der Waals surface area contributed by atoms with Crippen molar-refractivity contribution in [3.8, 4) is 17.1 Å². The van der Waals surface area contributed by atoms with Gasteiger partial charge in [0.05, 0.1) is 17.3 Å². The van der Waals surface area contributed by atoms with Crippen LogP contribution in [0.1, 0.15) is 27.0 Å². The summed E-state index contributed by atoms with van der Waals surface area (Å²) < 4.78 is 1.60. The van der Waals surface area contributed by atoms with Gasteiger partial charge in [-0.3, -0.25) is 4.79 Å². The fraction of sp³-hybridized carbons (Fsp3) is 0.143. The number of benzene rings is 2. The van der Waals surface area contributed by atoms with Crippen LogP contribution >= 0.6 is 0 Å². The average Bonchev–Trinajstić information content (AvgIpc) is 3.37. The number of rotatable bonds is 1. The summed E-state index contributed by atoms with van der Waals surface area (Å²) in [7, 11) is 0. The van der Waals surface area contributed by atoms with E-state index in [4.69, 9.17) is 0 Å². The third-order valence-corrected chi connectivity index (χ3v) is 5.89. The van der Waals surface area contributed by atoms with Gasteiger partial charge in [-0.05, 0) is 60.2 Å². The lowest BCUT2D eigenvalue weighted by Gasteiger charge is -2.15. The number of hydrogen-bond acceptors (Lipinski definition) is 4. The van der Waals surface area contributed by atoms with Crippen molar-refractivity contribution in [2.45, 2.75) is 25.3 Å². The van der Waals surface area contributed by atoms with Gasteiger partial charge in [0, 0.05) is 18.0 Å². The van der Waals surface area contributed by atoms with Crippen LogP contribution in [0.3, 0.4) is 0 Å². The molecule has 0 saturated carbocycles. The van der Waals surface area contributed by atoms with Crippen molar-refractivity contribution in [2.24, 2.45) is 0 Å². The quantitative estimate of drug-likeness (QED) is 0.351. The Morgan fingerprint density at radius 2 is 1.71 bits per heavy atom. The van der Waals surface area contributed by atoms with Gasteiger partial charge in [-0.25, -0.2) is 9.67 Å². The van der Waals surface area contributed by atoms with Crippen LogP contribution in [0.2, 0.25) is 0 Å². The molecule has 1 atom stereocenters. The van der Waals surface area contributed by atoms with Gasteiger partial charge < -0.3 is 10.1 Å². The van der Waals surface area contributed by atoms with E-state index in [1.807, 2.05) is 30.3 Å². The van der Waals surface area contributed by atoms with E-state index >= 15 is 0 Å². The zero-order valence-electron chi connectivity index (χ0n) is 18.6. The Kier molecular flexibility index (Phi) is 6.12. The highest BCUT2D eigenvalue weighted by molar-refractivity contribution is 5.98. The van der Waals surface area contributed by atoms with Crippen LogP contribution in [0.4, 0.5) is 0 Å². The first kappa shape index (κ1) is 21.5. The predicted molar refractivity (Wildman–Crippen MR) is 131 cm³/mol. The molecule has 2 aromatic heterocycles. The molecule has 4 heterocycles. The Bertz CT molecular complexity index is 1350. The van der Waals surface area contributed by atoms with Gasteiger partial charge in [0.2, 0.25) is 0 Å². The highest BCUT2D eigenvalue weighted by atomic mass is 16.2. The van der Waals surface area contributed by atoms with Gasteiger partial charge in [-0.1, -0.05) is 54.6 Å². The summed E-state index contributed by atoms with van der Waals surface area (Å²) in [4.78, 5) is 29.3. The summed E-state index contributed by atoms with van der Waals surface area (Å²) in [6.07, 6.45) is 10.6. The summed E-state index contributed by atoms with van der Waals surface area (Å²) >= 11 is 0. The Hall–Kier alpha value is -4.32. The van der Waals surface area contributed by atoms with Crippen LogP contribution in [0, 0.1) is 0 Å². The minimum atomic E-state index is -0.646. The maximum Gasteiger partial charge on any atom is 0.255 e. The smallest absolute Gasteiger partial charge is 0.255 e. The van der Waals surface area contributed by atoms with E-state index in [1.54, 1.807) is 29.2 Å². The average molecular weight is 449 g/mol. The molecule has 6 nitrogen and oxygen atoms in total. The van der Waals surface area contributed by atoms with Crippen LogP contribution in [-0.4, -0.2) is 33.0 Å². The number of carbonyl (C=O) groups excluding carboxylic acids is 2. The minimum Gasteiger partial charge on any atom is -0.342 e. The number of aromatic nitrogens is 3. The van der Waals surface area contributed by atoms with Crippen LogP contribution in [0.15, 0.2) is 91.3 Å². The number of nitrogens with one attached hydrogen (secondary N) is 1. The Labute approximate surface area is 198 Å². The first-order valence-electron chi connectivity index (χ1n) is 11.3. The minimum absolute atomic E-state index is 0.354. The molecule has 2 aliphatic rings. The molecule has 4 aromatic rings. The largest absolute Gasteiger partial charge is 0.342 e. The topological polar surface area (TPSA) is 76.9 Å². The predicted octanol–water partition coefficient (Wildman–Crippen LogP) is 4.13. The van der Waals surface area contributed by atoms with E-state index < -0.39 is 6.04 Å². The molecule has 0 spiro atoms. The second kappa shape index (κ2) is 9.67. The molecule has 1 N–H and O–H groups in total. The summed E-state index contributed by atoms with van der Waals surface area (Å²) in [6.45, 7) is 0. The van der Waals surface area contributed by atoms with E-state index in [0.29, 0.717) is 17.8 Å². The molecule has 0 saturated heterocycles. The second-order valence-corrected chi connectivity index (χ2v) is 8.34. The Balaban J connectivity index is 1.55. The molecule has 0 unspecified atom stereocenters. The summed E-state index contributed by atoms with van der Waals surface area (Å²) in [6, 6.07) is 21.1. The molecule has 34 heavy (non-hydrogen) atoms. The number of amides is 1. The van der Waals surface area contributed by atoms with Gasteiger partial charge in [-0.2, -0.15) is 5.10 Å². The molecule has 2 aromatic carbocycles. The number of hydrogen-bond donors (Lipinski definition) is 1. The van der Waals surface area contributed by atoms with E-state index in [0.717, 1.165) is 35.9 Å². The van der Waals surface area contributed by atoms with Gasteiger partial charge in [0.1, 0.15) is 6.29 Å². The van der Waals surface area contributed by atoms with Gasteiger partial charge in [0.25, 0.3) is 5.91 Å². The van der Waals surface area contributed by atoms with Crippen molar-refractivity contribution in [1.82, 2.24) is 20.1 Å². The Morgan fingerprint density at radius 1 is 0.912 bits per heavy atom. The number of carbonyl (C=O) groups is 2. The third kappa shape index (κ3) is 4.71. The van der Waals surface area contributed by atoms with E-state index in [2.05, 4.69) is 51.8 Å². The van der Waals surface area contributed by atoms with E-state index in [-0.39, 0.29) is 5.91 Å². The van der Waals surface area contributed by atoms with E-state index in [9.17, 15) is 9.59 Å². The zero-order chi connectivity index (χ0) is 23.3. The molecule has 0 fully saturated rings. The molecule has 2 aliphatic heterocycles. The highest BCUT2D eigenvalue weighted by Crippen LogP contribution is 2.21. The van der Waals surface area contributed by atoms with Gasteiger partial charge in [-0.15, -0.1) is 0 Å². The van der Waals surface area contributed by atoms with Crippen molar-refractivity contribution in [2.75, 3.05) is 0 Å². The maximum absolute atomic E-state index is 13.1. The molecule has 0 aliphatic carbocycles. The van der Waals surface area contributed by atoms with Crippen molar-refractivity contribution >= 4 is 12.2 Å². The highest BCUT2D eigenvalue weighted by Gasteiger charge is 2.19. The normalized spacial score (nSPS) is 16.8. The standard InChI is InChI=1S/C28H24N4O2/c33-19-24-18-22-12-10-20(11-13-22)5-1-2-6-21-7-3-8-23(17-21)26-14-16-32(31-26)27-25(28(34)30-24)9-4-15-29-27/h1-4,7-17,19,24H,5-6,18H2,(H,30,34)/b2-1-/t24-/m0/s1. The molecular weight excluding hydrogens is 424 g/mol. The van der Waals surface area contributed by atoms with Crippen LogP contribution in [0.5, 0.6) is 0 Å². The van der Waals surface area contributed by atoms with Crippen molar-refractivity contribution in [3.63, 3.8) is 0 Å². The number of nitrogens with zero attached hydrogens (tertiary/aromatic N) is 3. The number of aldehydes is 1. The number of pyridine rings is 1. The summed E-state index contributed by atoms with van der Waals surface area (Å²) in [5, 5.41) is 7.52. The first-order chi connectivity index (χ1) is 16.7. The fourth-order valence-electron chi connectivity index (χ4n) is 4.09. The number of fused-ring (bicyclic) bond motifs is 7. The Morgan fingerprint density at radius 3 is 2.53 bits per heavy atom. The van der Waals surface area contributed by atoms with E-state index in [1.165, 1.54) is 11.1 Å². The monoisotopic (exact) mass is 448 g/mol. The van der Waals surface area contributed by atoms with Crippen molar-refractivity contribution < 1.29 is 9.59 Å². The molecule has 1 amide bonds. The lowest BCUT2D eigenvalue weighted by atomic mass is 10.0. The van der Waals surface area contributed by atoms with Crippen LogP contribution < -0.4 is 5.32 Å². The zero-order valence-corrected chi connectivity index (χ0v) is 18.6. The second-order valence-electron chi connectivity index (χ2n) is 8.34. The third-order valence-electron chi connectivity index (χ3n) is 5.89. The SMILES string of the molecule is O=C[C@@H]1Cc2ccc(cc2)C/C=C\Cc2cccc(c2)-c2ccn(n2)-c2ncccc2C(=O)N1. The number of allylic oxidation sites excluding steroid dienone is 2. The molecule has 6 rings (SSSR count). The fourth-order valence-corrected chi connectivity index (χ4v) is 4.09. The molecule has 0 radical (unpaired) electrons. The maximum atomic E-state index is 13.1. The molecule has 168 valence electrons. The van der Waals surface area contributed by atoms with Crippen LogP contribution in [0.25, 0.3) is 17.1 Å². The molecule has 6 bridgehead atoms. The summed E-state index contributed by atoms with van der Waals surface area (Å²) in [5.41, 5.74) is 5.53. The van der Waals surface area contributed by atoms with Crippen molar-refractivity contribution in [3.05, 3.63) is 114 Å².